The van der Waals surface area contributed by atoms with Crippen LogP contribution in [0.2, 0.25) is 0 Å². The van der Waals surface area contributed by atoms with Crippen LogP contribution in [0.3, 0.4) is 0 Å². The van der Waals surface area contributed by atoms with Gasteiger partial charge in [-0.05, 0) is 46.1 Å². The molecule has 21 heavy (non-hydrogen) atoms. The van der Waals surface area contributed by atoms with Gasteiger partial charge >= 0.3 is 0 Å². The summed E-state index contributed by atoms with van der Waals surface area (Å²) < 4.78 is 5.04. The fraction of sp³-hybridized carbons (Fsp3) is 0.526. The second-order valence-corrected chi connectivity index (χ2v) is 6.66. The van der Waals surface area contributed by atoms with E-state index in [0.29, 0.717) is 6.54 Å². The van der Waals surface area contributed by atoms with Crippen molar-refractivity contribution in [3.8, 4) is 0 Å². The van der Waals surface area contributed by atoms with E-state index >= 15 is 0 Å². The normalized spacial score (nSPS) is 12.9. The molecule has 2 nitrogen and oxygen atoms in total. The van der Waals surface area contributed by atoms with Crippen LogP contribution in [0.25, 0.3) is 0 Å². The average Bonchev–Trinajstić information content (AvgIpc) is 2.89. The molecule has 0 N–H and O–H groups in total. The van der Waals surface area contributed by atoms with Gasteiger partial charge in [0, 0.05) is 17.2 Å². The monoisotopic (exact) mass is 287 g/mol. The molecule has 0 aliphatic carbocycles. The number of hydrogen-bond acceptors (Lipinski definition) is 2. The van der Waals surface area contributed by atoms with Crippen molar-refractivity contribution in [2.75, 3.05) is 0 Å². The molecule has 116 valence electrons. The third kappa shape index (κ3) is 8.34. The molecule has 0 aliphatic heterocycles. The fourth-order valence-corrected chi connectivity index (χ4v) is 1.96. The summed E-state index contributed by atoms with van der Waals surface area (Å²) in [5.41, 5.74) is 4.08. The topological polar surface area (TPSA) is 25.5 Å². The van der Waals surface area contributed by atoms with Crippen molar-refractivity contribution in [1.82, 2.24) is 0 Å². The molecule has 1 heterocycles. The highest BCUT2D eigenvalue weighted by Gasteiger charge is 2.12. The Kier molecular flexibility index (Phi) is 7.21. The Morgan fingerprint density at radius 3 is 2.62 bits per heavy atom. The minimum absolute atomic E-state index is 0.0987. The van der Waals surface area contributed by atoms with Crippen molar-refractivity contribution in [3.05, 3.63) is 47.5 Å². The first-order valence-corrected chi connectivity index (χ1v) is 7.70. The first-order chi connectivity index (χ1) is 9.89. The maximum Gasteiger partial charge on any atom is 0.0953 e. The summed E-state index contributed by atoms with van der Waals surface area (Å²) in [5.74, 6) is 0. The summed E-state index contributed by atoms with van der Waals surface area (Å²) in [6.45, 7) is 11.7. The van der Waals surface area contributed by atoms with Crippen molar-refractivity contribution < 1.29 is 4.42 Å². The van der Waals surface area contributed by atoms with Crippen LogP contribution in [-0.2, 0) is 6.54 Å². The van der Waals surface area contributed by atoms with E-state index in [1.807, 2.05) is 6.07 Å². The van der Waals surface area contributed by atoms with Crippen LogP contribution in [0.15, 0.2) is 51.3 Å². The minimum atomic E-state index is 0.0987. The lowest BCUT2D eigenvalue weighted by molar-refractivity contribution is 0.540. The Morgan fingerprint density at radius 1 is 1.24 bits per heavy atom. The van der Waals surface area contributed by atoms with Gasteiger partial charge < -0.3 is 4.42 Å². The van der Waals surface area contributed by atoms with Crippen molar-refractivity contribution in [3.63, 3.8) is 0 Å². The predicted octanol–water partition coefficient (Wildman–Crippen LogP) is 5.96. The summed E-state index contributed by atoms with van der Waals surface area (Å²) in [7, 11) is 0. The second kappa shape index (κ2) is 8.66. The van der Waals surface area contributed by atoms with E-state index in [2.05, 4.69) is 58.0 Å². The van der Waals surface area contributed by atoms with Crippen LogP contribution < -0.4 is 0 Å². The molecule has 0 spiro atoms. The Morgan fingerprint density at radius 2 is 2.00 bits per heavy atom. The van der Waals surface area contributed by atoms with Crippen LogP contribution in [0, 0.1) is 5.41 Å². The fourth-order valence-electron chi connectivity index (χ4n) is 1.96. The van der Waals surface area contributed by atoms with E-state index in [9.17, 15) is 0 Å². The van der Waals surface area contributed by atoms with Crippen LogP contribution in [0.1, 0.15) is 59.4 Å². The highest BCUT2D eigenvalue weighted by Crippen LogP contribution is 2.21. The third-order valence-electron chi connectivity index (χ3n) is 3.36. The molecule has 0 aromatic carbocycles. The summed E-state index contributed by atoms with van der Waals surface area (Å²) in [6.07, 6.45) is 13.5. The zero-order valence-corrected chi connectivity index (χ0v) is 14.1. The van der Waals surface area contributed by atoms with Crippen molar-refractivity contribution in [1.29, 1.82) is 0 Å². The lowest BCUT2D eigenvalue weighted by Gasteiger charge is -2.17. The number of aliphatic imine (C=N–C) groups is 1. The van der Waals surface area contributed by atoms with Crippen LogP contribution >= 0.6 is 0 Å². The zero-order chi connectivity index (χ0) is 15.7. The zero-order valence-electron chi connectivity index (χ0n) is 14.1. The standard InChI is InChI=1S/C19H29NO/c1-16(2)7-6-8-17(3)9-11-19(4,5)15-20-13-18-10-12-21-14-18/h7,9-10,12,14-15H,6,8,11,13H2,1-5H3. The second-order valence-electron chi connectivity index (χ2n) is 6.66. The molecule has 0 unspecified atom stereocenters. The molecule has 0 saturated carbocycles. The van der Waals surface area contributed by atoms with Crippen molar-refractivity contribution >= 4 is 6.21 Å². The molecule has 0 bridgehead atoms. The predicted molar refractivity (Wildman–Crippen MR) is 91.7 cm³/mol. The van der Waals surface area contributed by atoms with E-state index in [1.54, 1.807) is 12.5 Å². The lowest BCUT2D eigenvalue weighted by Crippen LogP contribution is -2.12. The summed E-state index contributed by atoms with van der Waals surface area (Å²) in [4.78, 5) is 4.53. The molecule has 0 saturated heterocycles. The number of furan rings is 1. The molecule has 0 amide bonds. The first-order valence-electron chi connectivity index (χ1n) is 7.70. The van der Waals surface area contributed by atoms with Gasteiger partial charge in [0.1, 0.15) is 0 Å². The number of hydrogen-bond donors (Lipinski definition) is 0. The molecule has 0 atom stereocenters. The van der Waals surface area contributed by atoms with Crippen LogP contribution in [0.4, 0.5) is 0 Å². The highest BCUT2D eigenvalue weighted by molar-refractivity contribution is 5.65. The highest BCUT2D eigenvalue weighted by atomic mass is 16.3. The minimum Gasteiger partial charge on any atom is -0.472 e. The quantitative estimate of drug-likeness (QED) is 0.428. The largest absolute Gasteiger partial charge is 0.472 e. The molecule has 2 heteroatoms. The smallest absolute Gasteiger partial charge is 0.0953 e. The summed E-state index contributed by atoms with van der Waals surface area (Å²) in [6, 6.07) is 1.96. The number of nitrogens with zero attached hydrogens (tertiary/aromatic N) is 1. The van der Waals surface area contributed by atoms with Gasteiger partial charge in [0.05, 0.1) is 19.1 Å². The molecule has 0 radical (unpaired) electrons. The van der Waals surface area contributed by atoms with E-state index in [-0.39, 0.29) is 5.41 Å². The maximum atomic E-state index is 5.04. The Bertz CT molecular complexity index is 486. The van der Waals surface area contributed by atoms with Crippen molar-refractivity contribution in [2.45, 2.75) is 60.4 Å². The molecule has 1 aromatic rings. The van der Waals surface area contributed by atoms with Crippen molar-refractivity contribution in [2.24, 2.45) is 10.4 Å². The number of rotatable bonds is 8. The van der Waals surface area contributed by atoms with Gasteiger partial charge in [0.25, 0.3) is 0 Å². The molecular weight excluding hydrogens is 258 g/mol. The lowest BCUT2D eigenvalue weighted by atomic mass is 9.89. The van der Waals surface area contributed by atoms with E-state index in [0.717, 1.165) is 24.8 Å². The van der Waals surface area contributed by atoms with Crippen LogP contribution in [0.5, 0.6) is 0 Å². The Labute approximate surface area is 129 Å². The Balaban J connectivity index is 2.40. The van der Waals surface area contributed by atoms with Gasteiger partial charge in [-0.1, -0.05) is 37.1 Å². The average molecular weight is 287 g/mol. The van der Waals surface area contributed by atoms with E-state index < -0.39 is 0 Å². The van der Waals surface area contributed by atoms with Gasteiger partial charge in [-0.2, -0.15) is 0 Å². The molecule has 1 aromatic heterocycles. The molecule has 0 aliphatic rings. The molecular formula is C19H29NO. The Hall–Kier alpha value is -1.57. The number of allylic oxidation sites excluding steroid dienone is 4. The van der Waals surface area contributed by atoms with Gasteiger partial charge in [-0.3, -0.25) is 4.99 Å². The summed E-state index contributed by atoms with van der Waals surface area (Å²) >= 11 is 0. The van der Waals surface area contributed by atoms with E-state index in [1.165, 1.54) is 11.1 Å². The molecule has 0 fully saturated rings. The van der Waals surface area contributed by atoms with Gasteiger partial charge in [-0.15, -0.1) is 0 Å². The van der Waals surface area contributed by atoms with Gasteiger partial charge in [-0.25, -0.2) is 0 Å². The maximum absolute atomic E-state index is 5.04. The van der Waals surface area contributed by atoms with E-state index in [4.69, 9.17) is 4.42 Å². The summed E-state index contributed by atoms with van der Waals surface area (Å²) in [5, 5.41) is 0. The third-order valence-corrected chi connectivity index (χ3v) is 3.36. The van der Waals surface area contributed by atoms with Gasteiger partial charge in [0.15, 0.2) is 0 Å². The van der Waals surface area contributed by atoms with Gasteiger partial charge in [0.2, 0.25) is 0 Å². The SMILES string of the molecule is CC(C)=CCCC(C)=CCC(C)(C)C=NCc1ccoc1. The van der Waals surface area contributed by atoms with Crippen LogP contribution in [-0.4, -0.2) is 6.21 Å². The molecule has 1 rings (SSSR count). The first kappa shape index (κ1) is 17.5.